The maximum atomic E-state index is 11.0. The fourth-order valence-electron chi connectivity index (χ4n) is 1.55. The van der Waals surface area contributed by atoms with Crippen molar-refractivity contribution in [1.82, 2.24) is 5.32 Å². The molecule has 1 aliphatic rings. The summed E-state index contributed by atoms with van der Waals surface area (Å²) in [6.45, 7) is 0. The Morgan fingerprint density at radius 2 is 2.12 bits per heavy atom. The minimum Gasteiger partial charge on any atom is -0.478 e. The van der Waals surface area contributed by atoms with E-state index in [0.717, 1.165) is 5.56 Å². The molecule has 1 aromatic carbocycles. The lowest BCUT2D eigenvalue weighted by Gasteiger charge is -2.12. The van der Waals surface area contributed by atoms with E-state index in [9.17, 15) is 4.79 Å². The van der Waals surface area contributed by atoms with Gasteiger partial charge in [-0.15, -0.1) is 0 Å². The second-order valence-electron chi connectivity index (χ2n) is 3.58. The molecule has 0 unspecified atom stereocenters. The van der Waals surface area contributed by atoms with Crippen LogP contribution in [0.5, 0.6) is 0 Å². The second kappa shape index (κ2) is 4.57. The van der Waals surface area contributed by atoms with Gasteiger partial charge in [0.2, 0.25) is 0 Å². The van der Waals surface area contributed by atoms with Crippen LogP contribution < -0.4 is 11.1 Å². The molecule has 0 bridgehead atoms. The summed E-state index contributed by atoms with van der Waals surface area (Å²) < 4.78 is 0. The van der Waals surface area contributed by atoms with E-state index < -0.39 is 5.97 Å². The van der Waals surface area contributed by atoms with E-state index in [1.54, 1.807) is 30.5 Å². The van der Waals surface area contributed by atoms with Crippen LogP contribution in [0.1, 0.15) is 5.56 Å². The lowest BCUT2D eigenvalue weighted by Crippen LogP contribution is -2.16. The number of rotatable bonds is 2. The van der Waals surface area contributed by atoms with Crippen LogP contribution in [0.4, 0.5) is 5.69 Å². The van der Waals surface area contributed by atoms with Gasteiger partial charge in [0.05, 0.1) is 11.3 Å². The zero-order valence-corrected chi connectivity index (χ0v) is 9.05. The monoisotopic (exact) mass is 228 g/mol. The molecule has 4 nitrogen and oxygen atoms in total. The molecule has 4 N–H and O–H groups in total. The van der Waals surface area contributed by atoms with Crippen molar-refractivity contribution in [3.05, 3.63) is 59.5 Å². The number of dihydropyridines is 1. The number of benzene rings is 1. The van der Waals surface area contributed by atoms with Gasteiger partial charge >= 0.3 is 5.97 Å². The van der Waals surface area contributed by atoms with E-state index >= 15 is 0 Å². The molecule has 0 aliphatic carbocycles. The minimum atomic E-state index is -0.970. The molecule has 1 aromatic rings. The van der Waals surface area contributed by atoms with Crippen molar-refractivity contribution in [2.24, 2.45) is 0 Å². The fourth-order valence-corrected chi connectivity index (χ4v) is 1.55. The summed E-state index contributed by atoms with van der Waals surface area (Å²) in [5, 5.41) is 11.9. The maximum Gasteiger partial charge on any atom is 0.337 e. The number of nitrogens with one attached hydrogen (secondary N) is 1. The highest BCUT2D eigenvalue weighted by Crippen LogP contribution is 2.19. The van der Waals surface area contributed by atoms with Crippen molar-refractivity contribution in [3.63, 3.8) is 0 Å². The Hall–Kier alpha value is -2.49. The number of carboxylic acids is 1. The first kappa shape index (κ1) is 11.0. The Balaban J connectivity index is 2.41. The van der Waals surface area contributed by atoms with Gasteiger partial charge in [0, 0.05) is 11.9 Å². The van der Waals surface area contributed by atoms with Crippen molar-refractivity contribution in [1.29, 1.82) is 0 Å². The molecular formula is C13H12N2O2. The number of carboxylic acid groups (broad SMARTS) is 1. The third-order valence-electron chi connectivity index (χ3n) is 2.41. The van der Waals surface area contributed by atoms with E-state index in [0.29, 0.717) is 11.4 Å². The molecule has 1 heterocycles. The Labute approximate surface area is 98.8 Å². The molecule has 1 aliphatic heterocycles. The predicted molar refractivity (Wildman–Crippen MR) is 66.8 cm³/mol. The van der Waals surface area contributed by atoms with Gasteiger partial charge in [-0.25, -0.2) is 4.79 Å². The Morgan fingerprint density at radius 1 is 1.35 bits per heavy atom. The Morgan fingerprint density at radius 3 is 2.82 bits per heavy atom. The van der Waals surface area contributed by atoms with Crippen molar-refractivity contribution < 1.29 is 9.90 Å². The summed E-state index contributed by atoms with van der Waals surface area (Å²) >= 11 is 0. The first-order valence-electron chi connectivity index (χ1n) is 5.12. The van der Waals surface area contributed by atoms with Gasteiger partial charge in [0.1, 0.15) is 0 Å². The molecule has 4 heteroatoms. The van der Waals surface area contributed by atoms with Gasteiger partial charge in [-0.05, 0) is 29.9 Å². The topological polar surface area (TPSA) is 75.3 Å². The molecule has 0 fully saturated rings. The first-order valence-corrected chi connectivity index (χ1v) is 5.12. The van der Waals surface area contributed by atoms with E-state index in [-0.39, 0.29) is 5.57 Å². The minimum absolute atomic E-state index is 0.218. The van der Waals surface area contributed by atoms with Crippen LogP contribution in [0.25, 0.3) is 6.08 Å². The van der Waals surface area contributed by atoms with Crippen molar-refractivity contribution in [2.45, 2.75) is 0 Å². The normalized spacial score (nSPS) is 16.5. The number of nitrogens with two attached hydrogens (primary N) is 1. The highest BCUT2D eigenvalue weighted by Gasteiger charge is 2.14. The second-order valence-corrected chi connectivity index (χ2v) is 3.58. The third kappa shape index (κ3) is 2.36. The predicted octanol–water partition coefficient (Wildman–Crippen LogP) is 1.74. The molecular weight excluding hydrogens is 216 g/mol. The lowest BCUT2D eigenvalue weighted by atomic mass is 10.1. The largest absolute Gasteiger partial charge is 0.478 e. The molecule has 0 aromatic heterocycles. The molecule has 0 spiro atoms. The van der Waals surface area contributed by atoms with Crippen LogP contribution in [0.3, 0.4) is 0 Å². The number of allylic oxidation sites excluding steroid dienone is 2. The van der Waals surface area contributed by atoms with Gasteiger partial charge in [0.25, 0.3) is 0 Å². The van der Waals surface area contributed by atoms with Crippen LogP contribution in [0, 0.1) is 0 Å². The molecule has 2 rings (SSSR count). The smallest absolute Gasteiger partial charge is 0.337 e. The first-order chi connectivity index (χ1) is 8.18. The number of nitrogen functional groups attached to an aromatic ring is 1. The zero-order valence-electron chi connectivity index (χ0n) is 9.05. The number of para-hydroxylation sites is 1. The highest BCUT2D eigenvalue weighted by molar-refractivity contribution is 5.94. The number of aliphatic carboxylic acids is 1. The molecule has 0 atom stereocenters. The maximum absolute atomic E-state index is 11.0. The van der Waals surface area contributed by atoms with Crippen molar-refractivity contribution in [2.75, 3.05) is 5.73 Å². The SMILES string of the molecule is Nc1ccccc1/C=C1\NC=CC=C1C(=O)O. The Bertz CT molecular complexity index is 542. The number of carbonyl (C=O) groups is 1. The standard InChI is InChI=1S/C13H12N2O2/c14-11-6-2-1-4-9(11)8-12-10(13(16)17)5-3-7-15-12/h1-8,15H,14H2,(H,16,17)/b12-8-. The van der Waals surface area contributed by atoms with Crippen LogP contribution >= 0.6 is 0 Å². The summed E-state index contributed by atoms with van der Waals surface area (Å²) in [6, 6.07) is 7.29. The van der Waals surface area contributed by atoms with E-state index in [1.165, 1.54) is 0 Å². The van der Waals surface area contributed by atoms with Gasteiger partial charge < -0.3 is 16.2 Å². The van der Waals surface area contributed by atoms with Gasteiger partial charge in [-0.2, -0.15) is 0 Å². The van der Waals surface area contributed by atoms with Gasteiger partial charge in [-0.1, -0.05) is 18.2 Å². The summed E-state index contributed by atoms with van der Waals surface area (Å²) in [5.74, 6) is -0.970. The molecule has 0 amide bonds. The average molecular weight is 228 g/mol. The number of anilines is 1. The zero-order chi connectivity index (χ0) is 12.3. The molecule has 0 radical (unpaired) electrons. The number of hydrogen-bond donors (Lipinski definition) is 3. The summed E-state index contributed by atoms with van der Waals surface area (Å²) in [6.07, 6.45) is 6.59. The van der Waals surface area contributed by atoms with E-state index in [1.807, 2.05) is 18.2 Å². The third-order valence-corrected chi connectivity index (χ3v) is 2.41. The quantitative estimate of drug-likeness (QED) is 0.674. The van der Waals surface area contributed by atoms with E-state index in [4.69, 9.17) is 10.8 Å². The molecule has 86 valence electrons. The summed E-state index contributed by atoms with van der Waals surface area (Å²) in [4.78, 5) is 11.0. The van der Waals surface area contributed by atoms with Gasteiger partial charge in [0.15, 0.2) is 0 Å². The fraction of sp³-hybridized carbons (Fsp3) is 0. The molecule has 17 heavy (non-hydrogen) atoms. The molecule has 0 saturated heterocycles. The van der Waals surface area contributed by atoms with Crippen molar-refractivity contribution >= 4 is 17.7 Å². The number of hydrogen-bond acceptors (Lipinski definition) is 3. The summed E-state index contributed by atoms with van der Waals surface area (Å²) in [7, 11) is 0. The average Bonchev–Trinajstić information content (AvgIpc) is 2.32. The van der Waals surface area contributed by atoms with E-state index in [2.05, 4.69) is 5.32 Å². The Kier molecular flexibility index (Phi) is 2.96. The lowest BCUT2D eigenvalue weighted by molar-refractivity contribution is -0.132. The highest BCUT2D eigenvalue weighted by atomic mass is 16.4. The van der Waals surface area contributed by atoms with Crippen LogP contribution in [-0.2, 0) is 4.79 Å². The van der Waals surface area contributed by atoms with Crippen LogP contribution in [0.15, 0.2) is 53.9 Å². The van der Waals surface area contributed by atoms with Crippen molar-refractivity contribution in [3.8, 4) is 0 Å². The molecule has 0 saturated carbocycles. The summed E-state index contributed by atoms with van der Waals surface area (Å²) in [5.41, 5.74) is 7.95. The van der Waals surface area contributed by atoms with Gasteiger partial charge in [-0.3, -0.25) is 0 Å². The van der Waals surface area contributed by atoms with Crippen LogP contribution in [-0.4, -0.2) is 11.1 Å². The van der Waals surface area contributed by atoms with Crippen LogP contribution in [0.2, 0.25) is 0 Å².